The van der Waals surface area contributed by atoms with E-state index in [0.29, 0.717) is 23.6 Å². The van der Waals surface area contributed by atoms with Crippen LogP contribution in [0.3, 0.4) is 0 Å². The second-order valence-corrected chi connectivity index (χ2v) is 7.46. The molecule has 0 aliphatic heterocycles. The number of para-hydroxylation sites is 1. The molecule has 0 bridgehead atoms. The molecule has 0 atom stereocenters. The van der Waals surface area contributed by atoms with E-state index >= 15 is 0 Å². The molecule has 2 N–H and O–H groups in total. The SMILES string of the molecule is CC[NH+](CC)CCCNC(=O)c1cc(-c2ccc(OC)c(OC)c2)nc2ccccc12. The number of rotatable bonds is 10. The number of nitrogens with zero attached hydrogens (tertiary/aromatic N) is 1. The molecule has 1 heterocycles. The van der Waals surface area contributed by atoms with E-state index in [1.165, 1.54) is 0 Å². The Morgan fingerprint density at radius 3 is 2.45 bits per heavy atom. The second-order valence-electron chi connectivity index (χ2n) is 7.46. The Bertz CT molecular complexity index is 1030. The van der Waals surface area contributed by atoms with E-state index in [2.05, 4.69) is 19.2 Å². The van der Waals surface area contributed by atoms with E-state index in [0.717, 1.165) is 48.2 Å². The van der Waals surface area contributed by atoms with Gasteiger partial charge in [-0.15, -0.1) is 0 Å². The maximum Gasteiger partial charge on any atom is 0.252 e. The number of hydrogen-bond donors (Lipinski definition) is 2. The van der Waals surface area contributed by atoms with E-state index in [1.54, 1.807) is 19.1 Å². The van der Waals surface area contributed by atoms with Gasteiger partial charge in [0.15, 0.2) is 11.5 Å². The van der Waals surface area contributed by atoms with Gasteiger partial charge in [-0.1, -0.05) is 18.2 Å². The highest BCUT2D eigenvalue weighted by Gasteiger charge is 2.15. The van der Waals surface area contributed by atoms with E-state index in [4.69, 9.17) is 14.5 Å². The molecule has 31 heavy (non-hydrogen) atoms. The van der Waals surface area contributed by atoms with E-state index in [9.17, 15) is 4.79 Å². The molecule has 1 amide bonds. The predicted octanol–water partition coefficient (Wildman–Crippen LogP) is 2.96. The van der Waals surface area contributed by atoms with Crippen molar-refractivity contribution in [3.05, 3.63) is 54.1 Å². The van der Waals surface area contributed by atoms with Gasteiger partial charge < -0.3 is 19.7 Å². The van der Waals surface area contributed by atoms with Crippen molar-refractivity contribution in [3.8, 4) is 22.8 Å². The lowest BCUT2D eigenvalue weighted by Crippen LogP contribution is -3.11. The first-order valence-electron chi connectivity index (χ1n) is 10.8. The molecule has 0 saturated carbocycles. The summed E-state index contributed by atoms with van der Waals surface area (Å²) in [4.78, 5) is 19.4. The number of nitrogens with one attached hydrogen (secondary N) is 2. The van der Waals surface area contributed by atoms with Gasteiger partial charge in [-0.05, 0) is 44.2 Å². The average molecular weight is 423 g/mol. The Morgan fingerprint density at radius 1 is 1.00 bits per heavy atom. The van der Waals surface area contributed by atoms with Crippen molar-refractivity contribution in [1.82, 2.24) is 10.3 Å². The van der Waals surface area contributed by atoms with Gasteiger partial charge in [0.2, 0.25) is 0 Å². The van der Waals surface area contributed by atoms with Crippen molar-refractivity contribution >= 4 is 16.8 Å². The summed E-state index contributed by atoms with van der Waals surface area (Å²) >= 11 is 0. The van der Waals surface area contributed by atoms with Crippen LogP contribution in [0.2, 0.25) is 0 Å². The van der Waals surface area contributed by atoms with Crippen molar-refractivity contribution in [2.24, 2.45) is 0 Å². The lowest BCUT2D eigenvalue weighted by Gasteiger charge is -2.15. The summed E-state index contributed by atoms with van der Waals surface area (Å²) in [6.07, 6.45) is 0.953. The highest BCUT2D eigenvalue weighted by Crippen LogP contribution is 2.33. The van der Waals surface area contributed by atoms with E-state index < -0.39 is 0 Å². The Labute approximate surface area is 184 Å². The van der Waals surface area contributed by atoms with Crippen molar-refractivity contribution in [2.75, 3.05) is 40.4 Å². The van der Waals surface area contributed by atoms with Gasteiger partial charge in [-0.2, -0.15) is 0 Å². The lowest BCUT2D eigenvalue weighted by molar-refractivity contribution is -0.896. The summed E-state index contributed by atoms with van der Waals surface area (Å²) in [5.41, 5.74) is 3.00. The summed E-state index contributed by atoms with van der Waals surface area (Å²) in [6.45, 7) is 8.31. The Kier molecular flexibility index (Phi) is 7.84. The van der Waals surface area contributed by atoms with Crippen LogP contribution in [0, 0.1) is 0 Å². The van der Waals surface area contributed by atoms with Crippen molar-refractivity contribution in [3.63, 3.8) is 0 Å². The number of hydrogen-bond acceptors (Lipinski definition) is 4. The first kappa shape index (κ1) is 22.6. The van der Waals surface area contributed by atoms with Crippen LogP contribution < -0.4 is 19.7 Å². The summed E-state index contributed by atoms with van der Waals surface area (Å²) < 4.78 is 10.8. The Hall–Kier alpha value is -3.12. The molecule has 0 unspecified atom stereocenters. The lowest BCUT2D eigenvalue weighted by atomic mass is 10.0. The number of quaternary nitrogens is 1. The first-order chi connectivity index (χ1) is 15.1. The molecular formula is C25H32N3O3+. The molecule has 0 spiro atoms. The standard InChI is InChI=1S/C25H31N3O3/c1-5-28(6-2)15-9-14-26-25(29)20-17-22(27-21-11-8-7-10-19(20)21)18-12-13-23(30-3)24(16-18)31-4/h7-8,10-13,16-17H,5-6,9,14-15H2,1-4H3,(H,26,29)/p+1. The number of fused-ring (bicyclic) bond motifs is 1. The van der Waals surface area contributed by atoms with E-state index in [-0.39, 0.29) is 5.91 Å². The number of amides is 1. The van der Waals surface area contributed by atoms with Crippen LogP contribution in [-0.4, -0.2) is 51.3 Å². The smallest absolute Gasteiger partial charge is 0.252 e. The fourth-order valence-corrected chi connectivity index (χ4v) is 3.75. The molecule has 0 aliphatic rings. The van der Waals surface area contributed by atoms with E-state index in [1.807, 2.05) is 48.5 Å². The molecular weight excluding hydrogens is 390 g/mol. The molecule has 3 rings (SSSR count). The minimum absolute atomic E-state index is 0.0742. The molecule has 2 aromatic carbocycles. The maximum atomic E-state index is 13.1. The van der Waals surface area contributed by atoms with Gasteiger partial charge in [0.25, 0.3) is 5.91 Å². The largest absolute Gasteiger partial charge is 0.493 e. The summed E-state index contributed by atoms with van der Waals surface area (Å²) in [5, 5.41) is 3.94. The topological polar surface area (TPSA) is 64.9 Å². The zero-order valence-corrected chi connectivity index (χ0v) is 18.8. The van der Waals surface area contributed by atoms with Crippen LogP contribution in [0.15, 0.2) is 48.5 Å². The van der Waals surface area contributed by atoms with Crippen LogP contribution in [0.4, 0.5) is 0 Å². The van der Waals surface area contributed by atoms with Crippen LogP contribution in [0.5, 0.6) is 11.5 Å². The van der Waals surface area contributed by atoms with Crippen LogP contribution in [0.1, 0.15) is 30.6 Å². The number of carbonyl (C=O) groups excluding carboxylic acids is 1. The number of pyridine rings is 1. The third kappa shape index (κ3) is 5.33. The quantitative estimate of drug-likeness (QED) is 0.493. The van der Waals surface area contributed by atoms with Gasteiger partial charge in [0, 0.05) is 23.9 Å². The average Bonchev–Trinajstić information content (AvgIpc) is 2.82. The zero-order valence-electron chi connectivity index (χ0n) is 18.8. The Morgan fingerprint density at radius 2 is 1.74 bits per heavy atom. The maximum absolute atomic E-state index is 13.1. The number of ether oxygens (including phenoxy) is 2. The van der Waals surface area contributed by atoms with Gasteiger partial charge in [0.05, 0.1) is 50.6 Å². The third-order valence-corrected chi connectivity index (χ3v) is 5.63. The minimum Gasteiger partial charge on any atom is -0.493 e. The van der Waals surface area contributed by atoms with Crippen molar-refractivity contribution in [2.45, 2.75) is 20.3 Å². The summed E-state index contributed by atoms with van der Waals surface area (Å²) in [6, 6.07) is 15.2. The number of benzene rings is 2. The molecule has 6 nitrogen and oxygen atoms in total. The fourth-order valence-electron chi connectivity index (χ4n) is 3.75. The molecule has 1 aromatic heterocycles. The van der Waals surface area contributed by atoms with Crippen LogP contribution in [0.25, 0.3) is 22.2 Å². The molecule has 3 aromatic rings. The van der Waals surface area contributed by atoms with Gasteiger partial charge in [-0.25, -0.2) is 4.98 Å². The van der Waals surface area contributed by atoms with Crippen molar-refractivity contribution in [1.29, 1.82) is 0 Å². The second kappa shape index (κ2) is 10.8. The molecule has 0 aliphatic carbocycles. The monoisotopic (exact) mass is 422 g/mol. The Balaban J connectivity index is 1.88. The minimum atomic E-state index is -0.0742. The van der Waals surface area contributed by atoms with Gasteiger partial charge in [0.1, 0.15) is 0 Å². The van der Waals surface area contributed by atoms with Gasteiger partial charge >= 0.3 is 0 Å². The fraction of sp³-hybridized carbons (Fsp3) is 0.360. The highest BCUT2D eigenvalue weighted by molar-refractivity contribution is 6.07. The summed E-state index contributed by atoms with van der Waals surface area (Å²) in [7, 11) is 3.21. The van der Waals surface area contributed by atoms with Crippen LogP contribution in [-0.2, 0) is 0 Å². The first-order valence-corrected chi connectivity index (χ1v) is 10.8. The number of carbonyl (C=O) groups is 1. The number of methoxy groups -OCH3 is 2. The molecule has 164 valence electrons. The predicted molar refractivity (Wildman–Crippen MR) is 124 cm³/mol. The third-order valence-electron chi connectivity index (χ3n) is 5.63. The van der Waals surface area contributed by atoms with Crippen molar-refractivity contribution < 1.29 is 19.2 Å². The summed E-state index contributed by atoms with van der Waals surface area (Å²) in [5.74, 6) is 1.20. The van der Waals surface area contributed by atoms with Gasteiger partial charge in [-0.3, -0.25) is 4.79 Å². The highest BCUT2D eigenvalue weighted by atomic mass is 16.5. The molecule has 0 saturated heterocycles. The molecule has 0 radical (unpaired) electrons. The molecule has 6 heteroatoms. The normalized spacial score (nSPS) is 11.0. The van der Waals surface area contributed by atoms with Crippen LogP contribution >= 0.6 is 0 Å². The number of aromatic nitrogens is 1. The molecule has 0 fully saturated rings. The zero-order chi connectivity index (χ0) is 22.2.